The van der Waals surface area contributed by atoms with Gasteiger partial charge in [-0.2, -0.15) is 0 Å². The summed E-state index contributed by atoms with van der Waals surface area (Å²) in [5, 5.41) is 0. The van der Waals surface area contributed by atoms with E-state index in [4.69, 9.17) is 0 Å². The molecule has 0 amide bonds. The van der Waals surface area contributed by atoms with Crippen LogP contribution in [0.1, 0.15) is 24.0 Å². The molecule has 0 radical (unpaired) electrons. The molecule has 0 aliphatic carbocycles. The van der Waals surface area contributed by atoms with Crippen molar-refractivity contribution in [3.8, 4) is 0 Å². The van der Waals surface area contributed by atoms with Crippen molar-refractivity contribution in [3.63, 3.8) is 0 Å². The standard InChI is InChI=1S/C14H18/c1-3-5-9-13-11-7-8-12-14(13)10-6-4-2/h3-4,7-8,11-12H,1-2,5-6,9-10H2. The zero-order valence-electron chi connectivity index (χ0n) is 8.71. The second-order valence-electron chi connectivity index (χ2n) is 3.42. The third-order valence-corrected chi connectivity index (χ3v) is 2.35. The van der Waals surface area contributed by atoms with Gasteiger partial charge in [-0.1, -0.05) is 36.4 Å². The zero-order valence-corrected chi connectivity index (χ0v) is 8.71. The summed E-state index contributed by atoms with van der Waals surface area (Å²) in [5.41, 5.74) is 2.91. The fourth-order valence-corrected chi connectivity index (χ4v) is 1.56. The van der Waals surface area contributed by atoms with Crippen molar-refractivity contribution in [2.45, 2.75) is 25.7 Å². The molecule has 0 heteroatoms. The number of rotatable bonds is 6. The van der Waals surface area contributed by atoms with Gasteiger partial charge in [0.25, 0.3) is 0 Å². The Bertz CT molecular complexity index is 266. The molecule has 0 atom stereocenters. The molecular weight excluding hydrogens is 168 g/mol. The number of hydrogen-bond donors (Lipinski definition) is 0. The molecule has 1 aromatic carbocycles. The van der Waals surface area contributed by atoms with Crippen molar-refractivity contribution in [1.82, 2.24) is 0 Å². The average molecular weight is 186 g/mol. The molecule has 0 aliphatic rings. The fourth-order valence-electron chi connectivity index (χ4n) is 1.56. The second-order valence-corrected chi connectivity index (χ2v) is 3.42. The number of hydrogen-bond acceptors (Lipinski definition) is 0. The maximum atomic E-state index is 3.75. The Labute approximate surface area is 87.0 Å². The van der Waals surface area contributed by atoms with Crippen LogP contribution in [0.3, 0.4) is 0 Å². The summed E-state index contributed by atoms with van der Waals surface area (Å²) in [4.78, 5) is 0. The Morgan fingerprint density at radius 3 is 1.64 bits per heavy atom. The quantitative estimate of drug-likeness (QED) is 0.591. The third-order valence-electron chi connectivity index (χ3n) is 2.35. The van der Waals surface area contributed by atoms with E-state index in [9.17, 15) is 0 Å². The smallest absolute Gasteiger partial charge is 0.0242 e. The first-order chi connectivity index (χ1) is 6.88. The zero-order chi connectivity index (χ0) is 10.2. The summed E-state index contributed by atoms with van der Waals surface area (Å²) in [7, 11) is 0. The molecule has 0 saturated carbocycles. The molecule has 14 heavy (non-hydrogen) atoms. The monoisotopic (exact) mass is 186 g/mol. The Morgan fingerprint density at radius 2 is 1.29 bits per heavy atom. The molecule has 0 unspecified atom stereocenters. The predicted molar refractivity (Wildman–Crippen MR) is 63.5 cm³/mol. The minimum Gasteiger partial charge on any atom is -0.103 e. The van der Waals surface area contributed by atoms with Crippen LogP contribution in [0.4, 0.5) is 0 Å². The van der Waals surface area contributed by atoms with E-state index in [-0.39, 0.29) is 0 Å². The van der Waals surface area contributed by atoms with Crippen LogP contribution in [-0.4, -0.2) is 0 Å². The van der Waals surface area contributed by atoms with Gasteiger partial charge in [0.05, 0.1) is 0 Å². The van der Waals surface area contributed by atoms with Gasteiger partial charge in [0.2, 0.25) is 0 Å². The highest BCUT2D eigenvalue weighted by atomic mass is 14.0. The molecule has 74 valence electrons. The molecule has 0 aliphatic heterocycles. The summed E-state index contributed by atoms with van der Waals surface area (Å²) < 4.78 is 0. The summed E-state index contributed by atoms with van der Waals surface area (Å²) >= 11 is 0. The van der Waals surface area contributed by atoms with Crippen LogP contribution < -0.4 is 0 Å². The summed E-state index contributed by atoms with van der Waals surface area (Å²) in [6, 6.07) is 8.63. The number of aryl methyl sites for hydroxylation is 2. The van der Waals surface area contributed by atoms with Gasteiger partial charge in [-0.3, -0.25) is 0 Å². The molecular formula is C14H18. The van der Waals surface area contributed by atoms with E-state index < -0.39 is 0 Å². The SMILES string of the molecule is C=CCCc1ccccc1CCC=C. The normalized spacial score (nSPS) is 9.71. The average Bonchev–Trinajstić information content (AvgIpc) is 2.24. The molecule has 1 aromatic rings. The van der Waals surface area contributed by atoms with Gasteiger partial charge in [-0.05, 0) is 36.8 Å². The topological polar surface area (TPSA) is 0 Å². The van der Waals surface area contributed by atoms with Gasteiger partial charge in [-0.15, -0.1) is 13.2 Å². The molecule has 1 rings (SSSR count). The van der Waals surface area contributed by atoms with E-state index in [1.807, 2.05) is 12.2 Å². The lowest BCUT2D eigenvalue weighted by molar-refractivity contribution is 0.928. The Morgan fingerprint density at radius 1 is 0.857 bits per heavy atom. The highest BCUT2D eigenvalue weighted by Crippen LogP contribution is 2.13. The maximum Gasteiger partial charge on any atom is -0.0242 e. The molecule has 0 N–H and O–H groups in total. The van der Waals surface area contributed by atoms with E-state index in [0.717, 1.165) is 25.7 Å². The van der Waals surface area contributed by atoms with E-state index in [0.29, 0.717) is 0 Å². The van der Waals surface area contributed by atoms with Crippen LogP contribution in [0.15, 0.2) is 49.6 Å². The second kappa shape index (κ2) is 6.20. The van der Waals surface area contributed by atoms with E-state index >= 15 is 0 Å². The number of allylic oxidation sites excluding steroid dienone is 2. The maximum absolute atomic E-state index is 3.75. The van der Waals surface area contributed by atoms with Gasteiger partial charge < -0.3 is 0 Å². The number of benzene rings is 1. The minimum absolute atomic E-state index is 1.06. The molecule has 0 fully saturated rings. The van der Waals surface area contributed by atoms with Crippen LogP contribution in [-0.2, 0) is 12.8 Å². The first kappa shape index (κ1) is 10.8. The van der Waals surface area contributed by atoms with Crippen molar-refractivity contribution < 1.29 is 0 Å². The van der Waals surface area contributed by atoms with E-state index in [1.165, 1.54) is 11.1 Å². The van der Waals surface area contributed by atoms with Crippen molar-refractivity contribution in [1.29, 1.82) is 0 Å². The van der Waals surface area contributed by atoms with Crippen LogP contribution in [0, 0.1) is 0 Å². The van der Waals surface area contributed by atoms with Crippen LogP contribution >= 0.6 is 0 Å². The minimum atomic E-state index is 1.06. The highest BCUT2D eigenvalue weighted by molar-refractivity contribution is 5.27. The largest absolute Gasteiger partial charge is 0.103 e. The van der Waals surface area contributed by atoms with Gasteiger partial charge >= 0.3 is 0 Å². The lowest BCUT2D eigenvalue weighted by Gasteiger charge is -2.06. The van der Waals surface area contributed by atoms with Gasteiger partial charge in [0, 0.05) is 0 Å². The lowest BCUT2D eigenvalue weighted by atomic mass is 9.99. The summed E-state index contributed by atoms with van der Waals surface area (Å²) in [6.45, 7) is 7.50. The van der Waals surface area contributed by atoms with Gasteiger partial charge in [0.1, 0.15) is 0 Å². The molecule has 0 spiro atoms. The van der Waals surface area contributed by atoms with E-state index in [2.05, 4.69) is 37.4 Å². The first-order valence-corrected chi connectivity index (χ1v) is 5.17. The van der Waals surface area contributed by atoms with Crippen LogP contribution in [0.25, 0.3) is 0 Å². The molecule has 0 bridgehead atoms. The van der Waals surface area contributed by atoms with Crippen molar-refractivity contribution in [2.24, 2.45) is 0 Å². The summed E-state index contributed by atoms with van der Waals surface area (Å²) in [6.07, 6.45) is 8.29. The Hall–Kier alpha value is -1.30. The lowest BCUT2D eigenvalue weighted by Crippen LogP contribution is -1.93. The summed E-state index contributed by atoms with van der Waals surface area (Å²) in [5.74, 6) is 0. The first-order valence-electron chi connectivity index (χ1n) is 5.17. The van der Waals surface area contributed by atoms with Crippen LogP contribution in [0.2, 0.25) is 0 Å². The van der Waals surface area contributed by atoms with Gasteiger partial charge in [-0.25, -0.2) is 0 Å². The van der Waals surface area contributed by atoms with Crippen molar-refractivity contribution in [2.75, 3.05) is 0 Å². The fraction of sp³-hybridized carbons (Fsp3) is 0.286. The Kier molecular flexibility index (Phi) is 4.77. The third kappa shape index (κ3) is 3.21. The molecule has 0 heterocycles. The van der Waals surface area contributed by atoms with Crippen molar-refractivity contribution in [3.05, 3.63) is 60.7 Å². The van der Waals surface area contributed by atoms with Crippen LogP contribution in [0.5, 0.6) is 0 Å². The van der Waals surface area contributed by atoms with Gasteiger partial charge in [0.15, 0.2) is 0 Å². The van der Waals surface area contributed by atoms with E-state index in [1.54, 1.807) is 0 Å². The molecule has 0 aromatic heterocycles. The Balaban J connectivity index is 2.68. The predicted octanol–water partition coefficient (Wildman–Crippen LogP) is 3.92. The molecule has 0 saturated heterocycles. The highest BCUT2D eigenvalue weighted by Gasteiger charge is 1.99. The molecule has 0 nitrogen and oxygen atoms in total. The van der Waals surface area contributed by atoms with Crippen molar-refractivity contribution >= 4 is 0 Å².